The van der Waals surface area contributed by atoms with Gasteiger partial charge in [0.25, 0.3) is 0 Å². The fourth-order valence-corrected chi connectivity index (χ4v) is 3.02. The van der Waals surface area contributed by atoms with E-state index in [0.29, 0.717) is 11.3 Å². The van der Waals surface area contributed by atoms with Crippen LogP contribution < -0.4 is 4.74 Å². The first kappa shape index (κ1) is 21.0. The van der Waals surface area contributed by atoms with Crippen LogP contribution in [0.1, 0.15) is 80.2 Å². The molecule has 2 unspecified atom stereocenters. The number of hydrogen-bond acceptors (Lipinski definition) is 2. The third-order valence-electron chi connectivity index (χ3n) is 4.31. The van der Waals surface area contributed by atoms with Gasteiger partial charge in [0.2, 0.25) is 6.29 Å². The van der Waals surface area contributed by atoms with Crippen LogP contribution in [-0.2, 0) is 4.74 Å². The van der Waals surface area contributed by atoms with Crippen LogP contribution in [0.5, 0.6) is 5.75 Å². The summed E-state index contributed by atoms with van der Waals surface area (Å²) in [7, 11) is 1.70. The van der Waals surface area contributed by atoms with Gasteiger partial charge < -0.3 is 9.47 Å². The lowest BCUT2D eigenvalue weighted by atomic mass is 9.69. The molecule has 0 aliphatic rings. The Hall–Kier alpha value is -1.02. The van der Waals surface area contributed by atoms with E-state index in [1.807, 2.05) is 0 Å². The van der Waals surface area contributed by atoms with Gasteiger partial charge >= 0.3 is 0 Å². The lowest BCUT2D eigenvalue weighted by molar-refractivity contribution is -0.120. The van der Waals surface area contributed by atoms with Crippen molar-refractivity contribution in [3.8, 4) is 5.75 Å². The fourth-order valence-electron chi connectivity index (χ4n) is 3.02. The predicted octanol–water partition coefficient (Wildman–Crippen LogP) is 6.65. The molecule has 0 aromatic heterocycles. The van der Waals surface area contributed by atoms with Crippen LogP contribution >= 0.6 is 0 Å². The van der Waals surface area contributed by atoms with Crippen LogP contribution in [0.3, 0.4) is 0 Å². The van der Waals surface area contributed by atoms with Gasteiger partial charge in [0.1, 0.15) is 5.75 Å². The average molecular weight is 335 g/mol. The smallest absolute Gasteiger partial charge is 0.204 e. The van der Waals surface area contributed by atoms with Crippen molar-refractivity contribution in [1.29, 1.82) is 0 Å². The van der Waals surface area contributed by atoms with Crippen LogP contribution in [0.4, 0.5) is 0 Å². The molecule has 1 rings (SSSR count). The molecule has 0 saturated heterocycles. The van der Waals surface area contributed by atoms with E-state index in [4.69, 9.17) is 9.47 Å². The Morgan fingerprint density at radius 1 is 0.792 bits per heavy atom. The van der Waals surface area contributed by atoms with E-state index in [0.717, 1.165) is 5.75 Å². The van der Waals surface area contributed by atoms with E-state index in [-0.39, 0.29) is 17.1 Å². The maximum Gasteiger partial charge on any atom is 0.204 e. The maximum absolute atomic E-state index is 6.03. The molecule has 2 nitrogen and oxygen atoms in total. The normalized spacial score (nSPS) is 15.9. The lowest BCUT2D eigenvalue weighted by Crippen LogP contribution is -2.33. The van der Waals surface area contributed by atoms with Crippen molar-refractivity contribution in [2.75, 3.05) is 7.11 Å². The summed E-state index contributed by atoms with van der Waals surface area (Å²) in [6.07, 6.45) is 0.913. The monoisotopic (exact) mass is 334 g/mol. The second-order valence-corrected chi connectivity index (χ2v) is 10.3. The van der Waals surface area contributed by atoms with Crippen molar-refractivity contribution < 1.29 is 9.47 Å². The van der Waals surface area contributed by atoms with E-state index in [9.17, 15) is 0 Å². The maximum atomic E-state index is 6.03. The summed E-state index contributed by atoms with van der Waals surface area (Å²) < 4.78 is 11.5. The second-order valence-electron chi connectivity index (χ2n) is 10.3. The summed E-state index contributed by atoms with van der Waals surface area (Å²) in [4.78, 5) is 0. The molecule has 1 aromatic carbocycles. The Kier molecular flexibility index (Phi) is 6.55. The van der Waals surface area contributed by atoms with E-state index in [1.54, 1.807) is 7.11 Å². The van der Waals surface area contributed by atoms with Gasteiger partial charge in [-0.2, -0.15) is 0 Å². The van der Waals surface area contributed by atoms with Crippen molar-refractivity contribution in [2.24, 2.45) is 16.2 Å². The molecule has 0 saturated carbocycles. The molecular formula is C22H38O2. The van der Waals surface area contributed by atoms with Gasteiger partial charge in [-0.1, -0.05) is 74.4 Å². The van der Waals surface area contributed by atoms with Gasteiger partial charge in [-0.25, -0.2) is 0 Å². The van der Waals surface area contributed by atoms with Crippen molar-refractivity contribution >= 4 is 0 Å². The Bertz CT molecular complexity index is 495. The zero-order valence-electron chi connectivity index (χ0n) is 17.5. The number of hydrogen-bond donors (Lipinski definition) is 0. The standard InChI is InChI=1S/C22H38O2/c1-20(2,3)15-18(21(4,5)6)16-11-13-17(14-12-16)24-19(23-10)22(7,8)9/h11-14,18-19H,15H2,1-10H3. The quantitative estimate of drug-likeness (QED) is 0.561. The number of rotatable bonds is 5. The van der Waals surface area contributed by atoms with Crippen LogP contribution in [0.2, 0.25) is 0 Å². The molecule has 0 spiro atoms. The topological polar surface area (TPSA) is 18.5 Å². The minimum atomic E-state index is -0.253. The van der Waals surface area contributed by atoms with Gasteiger partial charge in [-0.3, -0.25) is 0 Å². The van der Waals surface area contributed by atoms with Crippen molar-refractivity contribution in [2.45, 2.75) is 80.9 Å². The molecule has 0 N–H and O–H groups in total. The van der Waals surface area contributed by atoms with Gasteiger partial charge in [0.05, 0.1) is 0 Å². The van der Waals surface area contributed by atoms with Crippen molar-refractivity contribution in [3.05, 3.63) is 29.8 Å². The van der Waals surface area contributed by atoms with Crippen molar-refractivity contribution in [1.82, 2.24) is 0 Å². The SMILES string of the molecule is COC(Oc1ccc(C(CC(C)(C)C)C(C)(C)C)cc1)C(C)(C)C. The predicted molar refractivity (Wildman–Crippen MR) is 104 cm³/mol. The van der Waals surface area contributed by atoms with Crippen LogP contribution in [0, 0.1) is 16.2 Å². The minimum absolute atomic E-state index is 0.0619. The number of ether oxygens (including phenoxy) is 2. The largest absolute Gasteiger partial charge is 0.464 e. The van der Waals surface area contributed by atoms with Gasteiger partial charge in [-0.15, -0.1) is 0 Å². The third kappa shape index (κ3) is 6.47. The summed E-state index contributed by atoms with van der Waals surface area (Å²) in [6, 6.07) is 8.59. The Morgan fingerprint density at radius 2 is 1.29 bits per heavy atom. The fraction of sp³-hybridized carbons (Fsp3) is 0.727. The van der Waals surface area contributed by atoms with E-state index < -0.39 is 0 Å². The van der Waals surface area contributed by atoms with Crippen LogP contribution in [0.25, 0.3) is 0 Å². The first-order chi connectivity index (χ1) is 10.7. The highest BCUT2D eigenvalue weighted by Crippen LogP contribution is 2.43. The summed E-state index contributed by atoms with van der Waals surface area (Å²) in [5.74, 6) is 1.39. The summed E-state index contributed by atoms with van der Waals surface area (Å²) in [6.45, 7) is 20.3. The highest BCUT2D eigenvalue weighted by atomic mass is 16.7. The first-order valence-electron chi connectivity index (χ1n) is 9.03. The van der Waals surface area contributed by atoms with Gasteiger partial charge in [-0.05, 0) is 40.9 Å². The second kappa shape index (κ2) is 7.47. The summed E-state index contributed by atoms with van der Waals surface area (Å²) in [5.41, 5.74) is 1.86. The molecule has 1 aromatic rings. The molecule has 0 aliphatic heterocycles. The van der Waals surface area contributed by atoms with Crippen LogP contribution in [-0.4, -0.2) is 13.4 Å². The summed E-state index contributed by atoms with van der Waals surface area (Å²) >= 11 is 0. The van der Waals surface area contributed by atoms with E-state index in [2.05, 4.69) is 86.6 Å². The third-order valence-corrected chi connectivity index (χ3v) is 4.31. The molecule has 0 amide bonds. The Labute approximate surface area is 149 Å². The average Bonchev–Trinajstić information content (AvgIpc) is 2.39. The van der Waals surface area contributed by atoms with E-state index >= 15 is 0 Å². The zero-order valence-corrected chi connectivity index (χ0v) is 17.5. The molecule has 138 valence electrons. The lowest BCUT2D eigenvalue weighted by Gasteiger charge is -2.36. The Balaban J connectivity index is 2.99. The Morgan fingerprint density at radius 3 is 1.62 bits per heavy atom. The minimum Gasteiger partial charge on any atom is -0.464 e. The molecule has 0 aliphatic carbocycles. The van der Waals surface area contributed by atoms with Crippen molar-refractivity contribution in [3.63, 3.8) is 0 Å². The van der Waals surface area contributed by atoms with E-state index in [1.165, 1.54) is 12.0 Å². The number of benzene rings is 1. The zero-order chi connectivity index (χ0) is 18.8. The molecule has 2 heteroatoms. The highest BCUT2D eigenvalue weighted by molar-refractivity contribution is 5.30. The molecule has 0 heterocycles. The summed E-state index contributed by atoms with van der Waals surface area (Å²) in [5, 5.41) is 0. The highest BCUT2D eigenvalue weighted by Gasteiger charge is 2.31. The first-order valence-corrected chi connectivity index (χ1v) is 9.03. The van der Waals surface area contributed by atoms with Gasteiger partial charge in [0, 0.05) is 12.5 Å². The van der Waals surface area contributed by atoms with Crippen LogP contribution in [0.15, 0.2) is 24.3 Å². The van der Waals surface area contributed by atoms with Gasteiger partial charge in [0.15, 0.2) is 0 Å². The number of methoxy groups -OCH3 is 1. The molecule has 0 radical (unpaired) electrons. The molecule has 24 heavy (non-hydrogen) atoms. The molecular weight excluding hydrogens is 296 g/mol. The molecule has 0 bridgehead atoms. The molecule has 0 fully saturated rings. The molecule has 2 atom stereocenters.